The molecule has 0 radical (unpaired) electrons. The standard InChI is InChI=1S/C18H24N2O2S2/c1-18(2,3)15-7-4-5-8-16(15)19-10-12-20(13-11-19)24(21,22)17-9-6-14-23-17/h4-9,14H,10-13H2,1-3H3. The van der Waals surface area contributed by atoms with Crippen LogP contribution in [0.1, 0.15) is 26.3 Å². The van der Waals surface area contributed by atoms with Crippen molar-refractivity contribution in [3.8, 4) is 0 Å². The molecule has 1 aliphatic rings. The molecule has 2 aromatic rings. The summed E-state index contributed by atoms with van der Waals surface area (Å²) in [6.07, 6.45) is 0. The molecule has 0 bridgehead atoms. The number of hydrogen-bond donors (Lipinski definition) is 0. The van der Waals surface area contributed by atoms with Crippen molar-refractivity contribution in [3.63, 3.8) is 0 Å². The Bertz CT molecular complexity index is 785. The van der Waals surface area contributed by atoms with Crippen LogP contribution >= 0.6 is 11.3 Å². The fraction of sp³-hybridized carbons (Fsp3) is 0.444. The quantitative estimate of drug-likeness (QED) is 0.836. The number of rotatable bonds is 3. The van der Waals surface area contributed by atoms with Crippen molar-refractivity contribution in [2.75, 3.05) is 31.1 Å². The summed E-state index contributed by atoms with van der Waals surface area (Å²) in [6.45, 7) is 9.13. The third kappa shape index (κ3) is 3.36. The Hall–Kier alpha value is -1.37. The summed E-state index contributed by atoms with van der Waals surface area (Å²) in [5, 5.41) is 1.81. The molecule has 0 atom stereocenters. The molecular weight excluding hydrogens is 340 g/mol. The van der Waals surface area contributed by atoms with E-state index in [0.29, 0.717) is 17.3 Å². The smallest absolute Gasteiger partial charge is 0.252 e. The van der Waals surface area contributed by atoms with Crippen LogP contribution in [0, 0.1) is 0 Å². The zero-order valence-corrected chi connectivity index (χ0v) is 16.0. The largest absolute Gasteiger partial charge is 0.369 e. The minimum atomic E-state index is -3.34. The second-order valence-electron chi connectivity index (χ2n) is 7.09. The van der Waals surface area contributed by atoms with Gasteiger partial charge in [-0.3, -0.25) is 0 Å². The fourth-order valence-corrected chi connectivity index (χ4v) is 5.66. The highest BCUT2D eigenvalue weighted by Gasteiger charge is 2.30. The third-order valence-electron chi connectivity index (χ3n) is 4.38. The van der Waals surface area contributed by atoms with E-state index in [2.05, 4.69) is 49.9 Å². The molecule has 1 aliphatic heterocycles. The summed E-state index contributed by atoms with van der Waals surface area (Å²) in [7, 11) is -3.34. The lowest BCUT2D eigenvalue weighted by Gasteiger charge is -2.37. The summed E-state index contributed by atoms with van der Waals surface area (Å²) in [5.74, 6) is 0. The Kier molecular flexibility index (Phi) is 4.73. The fourth-order valence-electron chi connectivity index (χ4n) is 3.09. The van der Waals surface area contributed by atoms with E-state index in [9.17, 15) is 8.42 Å². The zero-order valence-electron chi connectivity index (χ0n) is 14.4. The van der Waals surface area contributed by atoms with E-state index in [4.69, 9.17) is 0 Å². The van der Waals surface area contributed by atoms with Gasteiger partial charge in [0, 0.05) is 31.9 Å². The molecule has 0 N–H and O–H groups in total. The van der Waals surface area contributed by atoms with E-state index in [-0.39, 0.29) is 5.41 Å². The molecule has 1 saturated heterocycles. The highest BCUT2D eigenvalue weighted by atomic mass is 32.2. The summed E-state index contributed by atoms with van der Waals surface area (Å²) in [5.41, 5.74) is 2.59. The maximum absolute atomic E-state index is 12.6. The van der Waals surface area contributed by atoms with Crippen molar-refractivity contribution < 1.29 is 8.42 Å². The number of nitrogens with zero attached hydrogens (tertiary/aromatic N) is 2. The number of hydrogen-bond acceptors (Lipinski definition) is 4. The molecule has 130 valence electrons. The van der Waals surface area contributed by atoms with E-state index in [1.807, 2.05) is 5.38 Å². The van der Waals surface area contributed by atoms with E-state index < -0.39 is 10.0 Å². The minimum Gasteiger partial charge on any atom is -0.369 e. The topological polar surface area (TPSA) is 40.6 Å². The summed E-state index contributed by atoms with van der Waals surface area (Å²) < 4.78 is 27.3. The van der Waals surface area contributed by atoms with Crippen molar-refractivity contribution in [1.82, 2.24) is 4.31 Å². The maximum Gasteiger partial charge on any atom is 0.252 e. The molecule has 4 nitrogen and oxygen atoms in total. The lowest BCUT2D eigenvalue weighted by molar-refractivity contribution is 0.385. The minimum absolute atomic E-state index is 0.0662. The molecule has 1 aromatic carbocycles. The molecule has 1 aromatic heterocycles. The van der Waals surface area contributed by atoms with Crippen LogP contribution in [0.4, 0.5) is 5.69 Å². The van der Waals surface area contributed by atoms with E-state index in [1.165, 1.54) is 22.6 Å². The van der Waals surface area contributed by atoms with Crippen LogP contribution in [-0.4, -0.2) is 38.9 Å². The van der Waals surface area contributed by atoms with Crippen molar-refractivity contribution >= 4 is 27.0 Å². The number of sulfonamides is 1. The molecule has 1 fully saturated rings. The Morgan fingerprint density at radius 2 is 1.62 bits per heavy atom. The first-order valence-electron chi connectivity index (χ1n) is 8.18. The highest BCUT2D eigenvalue weighted by molar-refractivity contribution is 7.91. The lowest BCUT2D eigenvalue weighted by Crippen LogP contribution is -2.49. The van der Waals surface area contributed by atoms with Crippen LogP contribution in [0.25, 0.3) is 0 Å². The highest BCUT2D eigenvalue weighted by Crippen LogP contribution is 2.33. The van der Waals surface area contributed by atoms with Gasteiger partial charge in [-0.25, -0.2) is 8.42 Å². The predicted octanol–water partition coefficient (Wildman–Crippen LogP) is 3.56. The van der Waals surface area contributed by atoms with Gasteiger partial charge in [0.05, 0.1) is 0 Å². The molecule has 2 heterocycles. The molecule has 24 heavy (non-hydrogen) atoms. The van der Waals surface area contributed by atoms with Crippen molar-refractivity contribution in [2.24, 2.45) is 0 Å². The molecule has 0 aliphatic carbocycles. The average molecular weight is 365 g/mol. The first-order chi connectivity index (χ1) is 11.3. The molecular formula is C18H24N2O2S2. The Balaban J connectivity index is 1.77. The first-order valence-corrected chi connectivity index (χ1v) is 10.5. The zero-order chi connectivity index (χ0) is 17.4. The summed E-state index contributed by atoms with van der Waals surface area (Å²) in [6, 6.07) is 11.9. The monoisotopic (exact) mass is 364 g/mol. The second-order valence-corrected chi connectivity index (χ2v) is 10.2. The van der Waals surface area contributed by atoms with Crippen LogP contribution in [0.15, 0.2) is 46.0 Å². The number of thiophene rings is 1. The van der Waals surface area contributed by atoms with Gasteiger partial charge >= 0.3 is 0 Å². The van der Waals surface area contributed by atoms with Crippen LogP contribution < -0.4 is 4.90 Å². The van der Waals surface area contributed by atoms with Gasteiger partial charge in [0.1, 0.15) is 4.21 Å². The van der Waals surface area contributed by atoms with Gasteiger partial charge in [-0.1, -0.05) is 45.0 Å². The Labute approximate surface area is 148 Å². The van der Waals surface area contributed by atoms with Gasteiger partial charge in [0.25, 0.3) is 10.0 Å². The van der Waals surface area contributed by atoms with Crippen LogP contribution in [0.2, 0.25) is 0 Å². The normalized spacial score (nSPS) is 17.2. The third-order valence-corrected chi connectivity index (χ3v) is 7.65. The van der Waals surface area contributed by atoms with Crippen molar-refractivity contribution in [3.05, 3.63) is 47.3 Å². The first kappa shape index (κ1) is 17.5. The van der Waals surface area contributed by atoms with Gasteiger partial charge in [-0.05, 0) is 28.5 Å². The SMILES string of the molecule is CC(C)(C)c1ccccc1N1CCN(S(=O)(=O)c2cccs2)CC1. The molecule has 0 amide bonds. The Morgan fingerprint density at radius 3 is 2.21 bits per heavy atom. The predicted molar refractivity (Wildman–Crippen MR) is 100 cm³/mol. The van der Waals surface area contributed by atoms with Gasteiger partial charge in [-0.2, -0.15) is 4.31 Å². The molecule has 0 spiro atoms. The van der Waals surface area contributed by atoms with Gasteiger partial charge in [0.15, 0.2) is 0 Å². The van der Waals surface area contributed by atoms with Crippen LogP contribution in [-0.2, 0) is 15.4 Å². The number of piperazine rings is 1. The van der Waals surface area contributed by atoms with Gasteiger partial charge in [-0.15, -0.1) is 11.3 Å². The molecule has 0 unspecified atom stereocenters. The number of benzene rings is 1. The summed E-state index contributed by atoms with van der Waals surface area (Å²) >= 11 is 1.28. The van der Waals surface area contributed by atoms with E-state index in [0.717, 1.165) is 13.1 Å². The Morgan fingerprint density at radius 1 is 0.958 bits per heavy atom. The van der Waals surface area contributed by atoms with Crippen LogP contribution in [0.5, 0.6) is 0 Å². The van der Waals surface area contributed by atoms with Gasteiger partial charge < -0.3 is 4.90 Å². The molecule has 0 saturated carbocycles. The van der Waals surface area contributed by atoms with Crippen LogP contribution in [0.3, 0.4) is 0 Å². The number of anilines is 1. The summed E-state index contributed by atoms with van der Waals surface area (Å²) in [4.78, 5) is 2.31. The van der Waals surface area contributed by atoms with Crippen molar-refractivity contribution in [2.45, 2.75) is 30.4 Å². The average Bonchev–Trinajstić information content (AvgIpc) is 3.09. The number of para-hydroxylation sites is 1. The second kappa shape index (κ2) is 6.50. The molecule has 3 rings (SSSR count). The van der Waals surface area contributed by atoms with E-state index in [1.54, 1.807) is 16.4 Å². The molecule has 6 heteroatoms. The lowest BCUT2D eigenvalue weighted by atomic mass is 9.85. The van der Waals surface area contributed by atoms with Gasteiger partial charge in [0.2, 0.25) is 0 Å². The van der Waals surface area contributed by atoms with Crippen molar-refractivity contribution in [1.29, 1.82) is 0 Å². The maximum atomic E-state index is 12.6. The van der Waals surface area contributed by atoms with E-state index >= 15 is 0 Å².